The van der Waals surface area contributed by atoms with Crippen molar-refractivity contribution in [3.05, 3.63) is 0 Å². The molecule has 0 spiro atoms. The number of carbonyl (C=O) groups excluding carboxylic acids is 1. The summed E-state index contributed by atoms with van der Waals surface area (Å²) in [7, 11) is 1.51. The third-order valence-corrected chi connectivity index (χ3v) is 2.35. The van der Waals surface area contributed by atoms with Crippen LogP contribution in [0.3, 0.4) is 0 Å². The van der Waals surface area contributed by atoms with Crippen molar-refractivity contribution >= 4 is 12.0 Å². The Balaban J connectivity index is 4.43. The number of ether oxygens (including phenoxy) is 1. The smallest absolute Gasteiger partial charge is 0.326 e. The van der Waals surface area contributed by atoms with Crippen LogP contribution in [-0.2, 0) is 9.53 Å². The normalized spacial score (nSPS) is 11.4. The van der Waals surface area contributed by atoms with E-state index in [4.69, 9.17) is 15.1 Å². The Morgan fingerprint density at radius 2 is 2.17 bits per heavy atom. The van der Waals surface area contributed by atoms with Crippen molar-refractivity contribution in [3.8, 4) is 6.07 Å². The number of nitrogens with zero attached hydrogens (tertiary/aromatic N) is 2. The zero-order valence-corrected chi connectivity index (χ0v) is 10.7. The lowest BCUT2D eigenvalue weighted by atomic mass is 10.2. The number of urea groups is 1. The first-order valence-corrected chi connectivity index (χ1v) is 5.70. The zero-order chi connectivity index (χ0) is 14.0. The Morgan fingerprint density at radius 3 is 2.61 bits per heavy atom. The highest BCUT2D eigenvalue weighted by molar-refractivity contribution is 5.82. The minimum Gasteiger partial charge on any atom is -0.480 e. The number of aliphatic carboxylic acids is 1. The summed E-state index contributed by atoms with van der Waals surface area (Å²) in [4.78, 5) is 24.0. The topological polar surface area (TPSA) is 103 Å². The first-order chi connectivity index (χ1) is 8.56. The highest BCUT2D eigenvalue weighted by Gasteiger charge is 2.21. The second-order valence-electron chi connectivity index (χ2n) is 3.64. The third kappa shape index (κ3) is 6.06. The van der Waals surface area contributed by atoms with E-state index in [1.807, 2.05) is 6.07 Å². The van der Waals surface area contributed by atoms with Crippen LogP contribution in [0.5, 0.6) is 0 Å². The number of carboxylic acid groups (broad SMARTS) is 1. The number of hydrogen-bond donors (Lipinski definition) is 2. The molecule has 0 saturated heterocycles. The SMILES string of the molecule is CCC(NC(=O)N(CCC#N)CCOC)C(=O)O. The molecule has 0 radical (unpaired) electrons. The van der Waals surface area contributed by atoms with Crippen molar-refractivity contribution in [2.45, 2.75) is 25.8 Å². The van der Waals surface area contributed by atoms with Crippen molar-refractivity contribution in [2.24, 2.45) is 0 Å². The highest BCUT2D eigenvalue weighted by atomic mass is 16.5. The van der Waals surface area contributed by atoms with Gasteiger partial charge in [-0.3, -0.25) is 0 Å². The number of amides is 2. The van der Waals surface area contributed by atoms with E-state index >= 15 is 0 Å². The van der Waals surface area contributed by atoms with E-state index in [1.54, 1.807) is 6.92 Å². The molecule has 0 aromatic heterocycles. The molecule has 7 nitrogen and oxygen atoms in total. The van der Waals surface area contributed by atoms with Crippen molar-refractivity contribution in [1.29, 1.82) is 5.26 Å². The van der Waals surface area contributed by atoms with Crippen LogP contribution in [0, 0.1) is 11.3 Å². The van der Waals surface area contributed by atoms with Crippen LogP contribution in [-0.4, -0.2) is 54.9 Å². The Kier molecular flexibility index (Phi) is 8.31. The molecule has 0 aliphatic carbocycles. The van der Waals surface area contributed by atoms with E-state index in [0.29, 0.717) is 19.6 Å². The van der Waals surface area contributed by atoms with E-state index in [9.17, 15) is 9.59 Å². The van der Waals surface area contributed by atoms with Gasteiger partial charge < -0.3 is 20.1 Å². The first-order valence-electron chi connectivity index (χ1n) is 5.70. The van der Waals surface area contributed by atoms with Gasteiger partial charge in [-0.2, -0.15) is 5.26 Å². The van der Waals surface area contributed by atoms with E-state index in [-0.39, 0.29) is 13.0 Å². The van der Waals surface area contributed by atoms with Gasteiger partial charge in [-0.1, -0.05) is 6.92 Å². The van der Waals surface area contributed by atoms with Gasteiger partial charge in [0, 0.05) is 20.2 Å². The van der Waals surface area contributed by atoms with Crippen LogP contribution in [0.1, 0.15) is 19.8 Å². The molecular formula is C11H19N3O4. The summed E-state index contributed by atoms with van der Waals surface area (Å²) in [6, 6.07) is 0.539. The second-order valence-corrected chi connectivity index (χ2v) is 3.64. The van der Waals surface area contributed by atoms with Crippen LogP contribution in [0.25, 0.3) is 0 Å². The Labute approximate surface area is 106 Å². The summed E-state index contributed by atoms with van der Waals surface area (Å²) in [5.41, 5.74) is 0. The van der Waals surface area contributed by atoms with Crippen LogP contribution in [0.2, 0.25) is 0 Å². The van der Waals surface area contributed by atoms with Crippen molar-refractivity contribution < 1.29 is 19.4 Å². The van der Waals surface area contributed by atoms with E-state index in [1.165, 1.54) is 12.0 Å². The van der Waals surface area contributed by atoms with Gasteiger partial charge in [0.2, 0.25) is 0 Å². The summed E-state index contributed by atoms with van der Waals surface area (Å²) >= 11 is 0. The Hall–Kier alpha value is -1.81. The summed E-state index contributed by atoms with van der Waals surface area (Å²) in [5.74, 6) is -1.07. The Morgan fingerprint density at radius 1 is 1.50 bits per heavy atom. The summed E-state index contributed by atoms with van der Waals surface area (Å²) in [6.45, 7) is 2.58. The van der Waals surface area contributed by atoms with Crippen molar-refractivity contribution in [2.75, 3.05) is 26.8 Å². The van der Waals surface area contributed by atoms with Crippen LogP contribution in [0.15, 0.2) is 0 Å². The molecule has 0 fully saturated rings. The standard InChI is InChI=1S/C11H19N3O4/c1-3-9(10(15)16)13-11(17)14(6-4-5-12)7-8-18-2/h9H,3-4,6-8H2,1-2H3,(H,13,17)(H,15,16). The quantitative estimate of drug-likeness (QED) is 0.656. The molecule has 0 aliphatic rings. The lowest BCUT2D eigenvalue weighted by molar-refractivity contribution is -0.139. The number of hydrogen-bond acceptors (Lipinski definition) is 4. The zero-order valence-electron chi connectivity index (χ0n) is 10.7. The van der Waals surface area contributed by atoms with Gasteiger partial charge >= 0.3 is 12.0 Å². The third-order valence-electron chi connectivity index (χ3n) is 2.35. The number of nitrogens with one attached hydrogen (secondary N) is 1. The molecule has 0 aromatic carbocycles. The molecule has 18 heavy (non-hydrogen) atoms. The van der Waals surface area contributed by atoms with Gasteiger partial charge in [0.05, 0.1) is 19.1 Å². The largest absolute Gasteiger partial charge is 0.480 e. The number of methoxy groups -OCH3 is 1. The average Bonchev–Trinajstić information content (AvgIpc) is 2.35. The molecule has 0 rings (SSSR count). The van der Waals surface area contributed by atoms with Gasteiger partial charge in [0.25, 0.3) is 0 Å². The minimum absolute atomic E-state index is 0.195. The number of carboxylic acids is 1. The fourth-order valence-corrected chi connectivity index (χ4v) is 1.28. The van der Waals surface area contributed by atoms with Gasteiger partial charge in [0.1, 0.15) is 6.04 Å². The molecule has 0 saturated carbocycles. The van der Waals surface area contributed by atoms with Crippen LogP contribution < -0.4 is 5.32 Å². The van der Waals surface area contributed by atoms with Gasteiger partial charge in [-0.15, -0.1) is 0 Å². The maximum atomic E-state index is 11.8. The lowest BCUT2D eigenvalue weighted by Gasteiger charge is -2.23. The first kappa shape index (κ1) is 16.2. The molecular weight excluding hydrogens is 238 g/mol. The van der Waals surface area contributed by atoms with Gasteiger partial charge in [-0.25, -0.2) is 9.59 Å². The molecule has 1 atom stereocenters. The lowest BCUT2D eigenvalue weighted by Crippen LogP contribution is -2.48. The maximum absolute atomic E-state index is 11.8. The van der Waals surface area contributed by atoms with E-state index in [2.05, 4.69) is 5.32 Å². The molecule has 2 amide bonds. The molecule has 0 aliphatic heterocycles. The van der Waals surface area contributed by atoms with Gasteiger partial charge in [-0.05, 0) is 6.42 Å². The number of carbonyl (C=O) groups is 2. The monoisotopic (exact) mass is 257 g/mol. The maximum Gasteiger partial charge on any atom is 0.326 e. The second kappa shape index (κ2) is 9.24. The minimum atomic E-state index is -1.07. The fourth-order valence-electron chi connectivity index (χ4n) is 1.28. The predicted octanol–water partition coefficient (Wildman–Crippen LogP) is 0.421. The highest BCUT2D eigenvalue weighted by Crippen LogP contribution is 1.97. The number of rotatable bonds is 8. The van der Waals surface area contributed by atoms with E-state index in [0.717, 1.165) is 0 Å². The molecule has 2 N–H and O–H groups in total. The molecule has 1 unspecified atom stereocenters. The molecule has 0 bridgehead atoms. The van der Waals surface area contributed by atoms with Crippen LogP contribution >= 0.6 is 0 Å². The Bertz CT molecular complexity index is 314. The van der Waals surface area contributed by atoms with Crippen LogP contribution in [0.4, 0.5) is 4.79 Å². The van der Waals surface area contributed by atoms with Crippen molar-refractivity contribution in [3.63, 3.8) is 0 Å². The average molecular weight is 257 g/mol. The van der Waals surface area contributed by atoms with E-state index < -0.39 is 18.0 Å². The predicted molar refractivity (Wildman–Crippen MR) is 63.9 cm³/mol. The fraction of sp³-hybridized carbons (Fsp3) is 0.727. The summed E-state index contributed by atoms with van der Waals surface area (Å²) in [6.07, 6.45) is 0.498. The molecule has 7 heteroatoms. The van der Waals surface area contributed by atoms with Gasteiger partial charge in [0.15, 0.2) is 0 Å². The molecule has 102 valence electrons. The summed E-state index contributed by atoms with van der Waals surface area (Å²) in [5, 5.41) is 19.8. The van der Waals surface area contributed by atoms with Crippen molar-refractivity contribution in [1.82, 2.24) is 10.2 Å². The molecule has 0 aromatic rings. The summed E-state index contributed by atoms with van der Waals surface area (Å²) < 4.78 is 4.86. The number of nitriles is 1. The molecule has 0 heterocycles.